The molecule has 164 valence electrons. The molecular formula is C24H23N3O4S. The molecule has 1 atom stereocenters. The average molecular weight is 450 g/mol. The third kappa shape index (κ3) is 3.79. The fraction of sp³-hybridized carbons (Fsp3) is 0.167. The summed E-state index contributed by atoms with van der Waals surface area (Å²) in [4.78, 5) is 17.8. The number of carbonyl (C=O) groups is 1. The van der Waals surface area contributed by atoms with E-state index in [1.807, 2.05) is 6.07 Å². The van der Waals surface area contributed by atoms with Crippen molar-refractivity contribution >= 4 is 32.7 Å². The summed E-state index contributed by atoms with van der Waals surface area (Å²) < 4.78 is 29.4. The van der Waals surface area contributed by atoms with Crippen LogP contribution in [0.25, 0.3) is 11.0 Å². The Labute approximate surface area is 186 Å². The first-order chi connectivity index (χ1) is 15.3. The van der Waals surface area contributed by atoms with Crippen LogP contribution in [-0.2, 0) is 10.0 Å². The number of imidazole rings is 1. The Bertz CT molecular complexity index is 1380. The van der Waals surface area contributed by atoms with Gasteiger partial charge < -0.3 is 5.11 Å². The topological polar surface area (TPSA) is 92.5 Å². The predicted octanol–water partition coefficient (Wildman–Crippen LogP) is 3.99. The molecule has 0 saturated carbocycles. The molecular weight excluding hydrogens is 426 g/mol. The van der Waals surface area contributed by atoms with Gasteiger partial charge in [-0.1, -0.05) is 36.4 Å². The number of hydrogen-bond acceptors (Lipinski definition) is 5. The molecule has 0 saturated heterocycles. The molecule has 1 aromatic heterocycles. The molecule has 8 heteroatoms. The van der Waals surface area contributed by atoms with Gasteiger partial charge in [0.2, 0.25) is 0 Å². The first-order valence-electron chi connectivity index (χ1n) is 10.2. The van der Waals surface area contributed by atoms with Gasteiger partial charge in [-0.2, -0.15) is 0 Å². The van der Waals surface area contributed by atoms with Gasteiger partial charge in [-0.15, -0.1) is 0 Å². The van der Waals surface area contributed by atoms with Crippen molar-refractivity contribution in [2.24, 2.45) is 0 Å². The lowest BCUT2D eigenvalue weighted by molar-refractivity contribution is 0.0943. The van der Waals surface area contributed by atoms with Crippen molar-refractivity contribution in [1.29, 1.82) is 0 Å². The minimum Gasteiger partial charge on any atom is -0.385 e. The smallest absolute Gasteiger partial charge is 0.264 e. The van der Waals surface area contributed by atoms with E-state index < -0.39 is 22.0 Å². The van der Waals surface area contributed by atoms with Gasteiger partial charge >= 0.3 is 0 Å². The summed E-state index contributed by atoms with van der Waals surface area (Å²) in [6, 6.07) is 21.8. The molecule has 4 rings (SSSR count). The second-order valence-electron chi connectivity index (χ2n) is 7.31. The van der Waals surface area contributed by atoms with Crippen molar-refractivity contribution in [2.75, 3.05) is 10.8 Å². The average Bonchev–Trinajstić information content (AvgIpc) is 3.20. The lowest BCUT2D eigenvalue weighted by Crippen LogP contribution is -2.31. The zero-order valence-electron chi connectivity index (χ0n) is 17.7. The van der Waals surface area contributed by atoms with Gasteiger partial charge in [0.05, 0.1) is 21.6 Å². The Morgan fingerprint density at radius 2 is 1.72 bits per heavy atom. The van der Waals surface area contributed by atoms with Crippen LogP contribution in [0.15, 0.2) is 83.8 Å². The Hall–Kier alpha value is -3.49. The van der Waals surface area contributed by atoms with Crippen LogP contribution >= 0.6 is 0 Å². The van der Waals surface area contributed by atoms with Crippen LogP contribution in [0.4, 0.5) is 5.69 Å². The summed E-state index contributed by atoms with van der Waals surface area (Å²) in [7, 11) is -3.89. The van der Waals surface area contributed by atoms with E-state index in [9.17, 15) is 18.3 Å². The number of fused-ring (bicyclic) bond motifs is 1. The Balaban J connectivity index is 1.80. The van der Waals surface area contributed by atoms with Gasteiger partial charge in [-0.05, 0) is 56.3 Å². The van der Waals surface area contributed by atoms with Gasteiger partial charge in [0.25, 0.3) is 15.9 Å². The van der Waals surface area contributed by atoms with Gasteiger partial charge in [0.15, 0.2) is 0 Å². The summed E-state index contributed by atoms with van der Waals surface area (Å²) in [6.07, 6.45) is -0.980. The summed E-state index contributed by atoms with van der Waals surface area (Å²) in [5.41, 5.74) is 1.84. The van der Waals surface area contributed by atoms with Gasteiger partial charge in [-0.3, -0.25) is 13.7 Å². The number of rotatable bonds is 6. The fourth-order valence-electron chi connectivity index (χ4n) is 3.67. The van der Waals surface area contributed by atoms with E-state index in [-0.39, 0.29) is 22.8 Å². The normalized spacial score (nSPS) is 12.6. The number of hydrogen-bond donors (Lipinski definition) is 1. The van der Waals surface area contributed by atoms with Gasteiger partial charge in [0, 0.05) is 12.1 Å². The van der Waals surface area contributed by atoms with Crippen molar-refractivity contribution in [3.8, 4) is 0 Å². The number of benzene rings is 3. The molecule has 7 nitrogen and oxygen atoms in total. The van der Waals surface area contributed by atoms with Crippen LogP contribution in [0.2, 0.25) is 0 Å². The Morgan fingerprint density at radius 3 is 2.41 bits per heavy atom. The third-order valence-electron chi connectivity index (χ3n) is 5.16. The minimum absolute atomic E-state index is 0.0112. The zero-order valence-corrected chi connectivity index (χ0v) is 18.5. The number of carbonyl (C=O) groups excluding carboxylic acids is 1. The molecule has 0 aliphatic carbocycles. The molecule has 0 spiro atoms. The van der Waals surface area contributed by atoms with Crippen molar-refractivity contribution in [3.05, 3.63) is 90.3 Å². The van der Waals surface area contributed by atoms with E-state index in [0.717, 1.165) is 0 Å². The first kappa shape index (κ1) is 21.7. The van der Waals surface area contributed by atoms with Crippen molar-refractivity contribution < 1.29 is 18.3 Å². The van der Waals surface area contributed by atoms with E-state index in [2.05, 4.69) is 4.98 Å². The number of aliphatic hydroxyl groups is 1. The summed E-state index contributed by atoms with van der Waals surface area (Å²) in [5.74, 6) is -0.265. The maximum atomic E-state index is 13.4. The Morgan fingerprint density at radius 1 is 1.03 bits per heavy atom. The monoisotopic (exact) mass is 449 g/mol. The van der Waals surface area contributed by atoms with Crippen LogP contribution in [0.1, 0.15) is 36.1 Å². The van der Waals surface area contributed by atoms with Crippen LogP contribution < -0.4 is 4.31 Å². The summed E-state index contributed by atoms with van der Waals surface area (Å²) >= 11 is 0. The molecule has 32 heavy (non-hydrogen) atoms. The highest BCUT2D eigenvalue weighted by Crippen LogP contribution is 2.26. The molecule has 0 aliphatic rings. The zero-order chi connectivity index (χ0) is 22.9. The van der Waals surface area contributed by atoms with Crippen molar-refractivity contribution in [2.45, 2.75) is 24.8 Å². The predicted molar refractivity (Wildman–Crippen MR) is 123 cm³/mol. The number of sulfonamides is 1. The highest BCUT2D eigenvalue weighted by molar-refractivity contribution is 7.92. The van der Waals surface area contributed by atoms with Crippen LogP contribution in [0.5, 0.6) is 0 Å². The maximum Gasteiger partial charge on any atom is 0.264 e. The molecule has 3 aromatic carbocycles. The number of aliphatic hydroxyl groups excluding tert-OH is 1. The van der Waals surface area contributed by atoms with Gasteiger partial charge in [0.1, 0.15) is 11.9 Å². The third-order valence-corrected chi connectivity index (χ3v) is 7.06. The number of aromatic nitrogens is 2. The molecule has 1 heterocycles. The number of anilines is 1. The van der Waals surface area contributed by atoms with E-state index in [1.165, 1.54) is 27.9 Å². The molecule has 0 bridgehead atoms. The fourth-order valence-corrected chi connectivity index (χ4v) is 5.19. The molecule has 0 unspecified atom stereocenters. The second-order valence-corrected chi connectivity index (χ2v) is 9.17. The van der Waals surface area contributed by atoms with Crippen LogP contribution in [-0.4, -0.2) is 35.5 Å². The molecule has 0 fully saturated rings. The molecule has 0 amide bonds. The van der Waals surface area contributed by atoms with Gasteiger partial charge in [-0.25, -0.2) is 13.4 Å². The second kappa shape index (κ2) is 8.57. The maximum absolute atomic E-state index is 13.4. The minimum atomic E-state index is -3.89. The number of nitrogens with zero attached hydrogens (tertiary/aromatic N) is 3. The largest absolute Gasteiger partial charge is 0.385 e. The summed E-state index contributed by atoms with van der Waals surface area (Å²) in [5, 5.41) is 10.2. The molecule has 0 radical (unpaired) electrons. The SMILES string of the molecule is CCN(c1ccccc1)S(=O)(=O)c1cccc(C(=O)n2c([C@H](C)O)nc3ccccc32)c1. The van der Waals surface area contributed by atoms with E-state index in [0.29, 0.717) is 16.7 Å². The molecule has 0 aliphatic heterocycles. The highest BCUT2D eigenvalue weighted by Gasteiger charge is 2.26. The van der Waals surface area contributed by atoms with Crippen LogP contribution in [0, 0.1) is 0 Å². The molecule has 4 aromatic rings. The quantitative estimate of drug-likeness (QED) is 0.480. The van der Waals surface area contributed by atoms with Crippen molar-refractivity contribution in [3.63, 3.8) is 0 Å². The first-order valence-corrected chi connectivity index (χ1v) is 11.7. The molecule has 1 N–H and O–H groups in total. The lowest BCUT2D eigenvalue weighted by Gasteiger charge is -2.23. The number of para-hydroxylation sites is 3. The van der Waals surface area contributed by atoms with Crippen molar-refractivity contribution in [1.82, 2.24) is 9.55 Å². The summed E-state index contributed by atoms with van der Waals surface area (Å²) in [6.45, 7) is 3.53. The lowest BCUT2D eigenvalue weighted by atomic mass is 10.2. The van der Waals surface area contributed by atoms with Crippen LogP contribution in [0.3, 0.4) is 0 Å². The standard InChI is InChI=1S/C24H23N3O4S/c1-3-26(19-11-5-4-6-12-19)32(30,31)20-13-9-10-18(16-20)24(29)27-22-15-8-7-14-21(22)25-23(27)17(2)28/h4-17,28H,3H2,1-2H3/t17-/m0/s1. The van der Waals surface area contributed by atoms with E-state index >= 15 is 0 Å². The van der Waals surface area contributed by atoms with E-state index in [1.54, 1.807) is 67.6 Å². The van der Waals surface area contributed by atoms with E-state index in [4.69, 9.17) is 0 Å². The highest BCUT2D eigenvalue weighted by atomic mass is 32.2. The Kier molecular flexibility index (Phi) is 5.82.